The largest absolute Gasteiger partial charge is 0.507 e. The van der Waals surface area contributed by atoms with Crippen molar-refractivity contribution >= 4 is 11.6 Å². The molecular formula is C33H47N3O4. The minimum Gasteiger partial charge on any atom is -0.507 e. The van der Waals surface area contributed by atoms with Crippen LogP contribution in [0.1, 0.15) is 92.9 Å². The number of hydrogen-bond acceptors (Lipinski definition) is 7. The molecular weight excluding hydrogens is 502 g/mol. The Kier molecular flexibility index (Phi) is 12.2. The van der Waals surface area contributed by atoms with Crippen molar-refractivity contribution in [3.8, 4) is 0 Å². The molecule has 2 aliphatic rings. The van der Waals surface area contributed by atoms with E-state index in [1.54, 1.807) is 0 Å². The molecule has 218 valence electrons. The van der Waals surface area contributed by atoms with Crippen LogP contribution >= 0.6 is 0 Å². The quantitative estimate of drug-likeness (QED) is 0.0898. The number of carbonyl (C=O) groups excluding carboxylic acids is 2. The van der Waals surface area contributed by atoms with E-state index < -0.39 is 22.7 Å². The first-order valence-electron chi connectivity index (χ1n) is 14.2. The molecule has 0 heterocycles. The van der Waals surface area contributed by atoms with E-state index in [2.05, 4.69) is 5.18 Å². The highest BCUT2D eigenvalue weighted by Crippen LogP contribution is 2.48. The molecule has 0 fully saturated rings. The number of rotatable bonds is 14. The molecule has 0 saturated carbocycles. The van der Waals surface area contributed by atoms with Gasteiger partial charge in [0.2, 0.25) is 0 Å². The smallest absolute Gasteiger partial charge is 0.183 e. The number of Topliss-reactive ketones (excluding diaryl/α,β-unsaturated/α-hetero) is 2. The number of aliphatic hydroxyl groups excluding tert-OH is 1. The first-order valence-corrected chi connectivity index (χ1v) is 14.2. The lowest BCUT2D eigenvalue weighted by Gasteiger charge is -2.36. The van der Waals surface area contributed by atoms with Crippen LogP contribution in [0.25, 0.3) is 0 Å². The topological polar surface area (TPSA) is 136 Å². The highest BCUT2D eigenvalue weighted by molar-refractivity contribution is 6.24. The molecule has 1 unspecified atom stereocenters. The van der Waals surface area contributed by atoms with Crippen molar-refractivity contribution < 1.29 is 14.7 Å². The third-order valence-electron chi connectivity index (χ3n) is 7.65. The zero-order valence-electron chi connectivity index (χ0n) is 25.1. The standard InChI is InChI=1S/C33H47N3O4/c1-21(2)11-13-26-30(38)29(28(37)10-8-7-9-24-12-14-27(35)25(19-24)20-34)32(39)33(31(26)36-40,17-15-22(3)4)18-16-23(5)6/h11-12,14-16,25,38H,7-10,13,17-20,34-35H2,1-6H3. The molecule has 1 atom stereocenters. The number of allylic oxidation sites excluding steroid dienone is 12. The summed E-state index contributed by atoms with van der Waals surface area (Å²) in [4.78, 5) is 40.1. The van der Waals surface area contributed by atoms with E-state index in [0.717, 1.165) is 41.7 Å². The molecule has 0 bridgehead atoms. The van der Waals surface area contributed by atoms with E-state index in [1.165, 1.54) is 5.57 Å². The van der Waals surface area contributed by atoms with E-state index in [-0.39, 0.29) is 48.4 Å². The third kappa shape index (κ3) is 8.10. The lowest BCUT2D eigenvalue weighted by molar-refractivity contribution is -0.127. The zero-order valence-corrected chi connectivity index (χ0v) is 25.1. The molecule has 0 aromatic rings. The van der Waals surface area contributed by atoms with Gasteiger partial charge in [-0.05, 0) is 97.7 Å². The molecule has 0 saturated heterocycles. The number of carbonyl (C=O) groups is 2. The van der Waals surface area contributed by atoms with Crippen LogP contribution in [0.2, 0.25) is 0 Å². The van der Waals surface area contributed by atoms with Crippen LogP contribution in [0, 0.1) is 16.2 Å². The Balaban J connectivity index is 2.44. The molecule has 0 aromatic carbocycles. The fourth-order valence-electron chi connectivity index (χ4n) is 5.15. The van der Waals surface area contributed by atoms with Crippen LogP contribution in [-0.4, -0.2) is 23.2 Å². The van der Waals surface area contributed by atoms with Crippen molar-refractivity contribution in [1.29, 1.82) is 0 Å². The lowest BCUT2D eigenvalue weighted by atomic mass is 9.65. The second-order valence-electron chi connectivity index (χ2n) is 11.8. The van der Waals surface area contributed by atoms with Crippen molar-refractivity contribution in [2.75, 3.05) is 6.54 Å². The summed E-state index contributed by atoms with van der Waals surface area (Å²) in [5.41, 5.74) is 15.6. The van der Waals surface area contributed by atoms with Gasteiger partial charge in [-0.25, -0.2) is 0 Å². The summed E-state index contributed by atoms with van der Waals surface area (Å²) in [5, 5.41) is 14.6. The van der Waals surface area contributed by atoms with E-state index >= 15 is 0 Å². The van der Waals surface area contributed by atoms with Crippen LogP contribution in [0.4, 0.5) is 0 Å². The number of nitrogens with two attached hydrogens (primary N) is 2. The average Bonchev–Trinajstić information content (AvgIpc) is 2.89. The van der Waals surface area contributed by atoms with Crippen LogP contribution < -0.4 is 11.5 Å². The maximum atomic E-state index is 14.2. The Morgan fingerprint density at radius 1 is 1.02 bits per heavy atom. The van der Waals surface area contributed by atoms with Gasteiger partial charge in [0.15, 0.2) is 11.6 Å². The fourth-order valence-corrected chi connectivity index (χ4v) is 5.15. The summed E-state index contributed by atoms with van der Waals surface area (Å²) >= 11 is 0. The Morgan fingerprint density at radius 2 is 1.62 bits per heavy atom. The van der Waals surface area contributed by atoms with Crippen LogP contribution in [0.5, 0.6) is 0 Å². The predicted octanol–water partition coefficient (Wildman–Crippen LogP) is 7.33. The summed E-state index contributed by atoms with van der Waals surface area (Å²) in [6.07, 6.45) is 13.3. The highest BCUT2D eigenvalue weighted by atomic mass is 16.3. The summed E-state index contributed by atoms with van der Waals surface area (Å²) < 4.78 is 0. The predicted molar refractivity (Wildman–Crippen MR) is 163 cm³/mol. The van der Waals surface area contributed by atoms with Crippen LogP contribution in [-0.2, 0) is 9.59 Å². The van der Waals surface area contributed by atoms with E-state index in [1.807, 2.05) is 71.9 Å². The van der Waals surface area contributed by atoms with E-state index in [4.69, 9.17) is 11.5 Å². The van der Waals surface area contributed by atoms with Gasteiger partial charge in [0.25, 0.3) is 0 Å². The number of ketones is 2. The van der Waals surface area contributed by atoms with Crippen molar-refractivity contribution in [2.45, 2.75) is 92.9 Å². The molecule has 0 radical (unpaired) electrons. The second-order valence-corrected chi connectivity index (χ2v) is 11.8. The number of unbranched alkanes of at least 4 members (excludes halogenated alkanes) is 1. The SMILES string of the molecule is CC(C)=CCC1=C(N=O)C(CC=C(C)C)(CC=C(C)C)C(=O)C(C(=O)CCCCC2=CC=C(N)C(CN)C2)=C1O. The van der Waals surface area contributed by atoms with Gasteiger partial charge < -0.3 is 16.6 Å². The molecule has 0 spiro atoms. The van der Waals surface area contributed by atoms with E-state index in [0.29, 0.717) is 13.0 Å². The maximum Gasteiger partial charge on any atom is 0.183 e. The van der Waals surface area contributed by atoms with Crippen molar-refractivity contribution in [2.24, 2.45) is 28.0 Å². The molecule has 0 aromatic heterocycles. The van der Waals surface area contributed by atoms with Gasteiger partial charge in [0.1, 0.15) is 17.0 Å². The Labute approximate surface area is 239 Å². The molecule has 2 aliphatic carbocycles. The maximum absolute atomic E-state index is 14.2. The first-order chi connectivity index (χ1) is 18.9. The van der Waals surface area contributed by atoms with Gasteiger partial charge in [-0.15, -0.1) is 4.91 Å². The zero-order chi connectivity index (χ0) is 30.0. The number of hydrogen-bond donors (Lipinski definition) is 3. The molecule has 0 aliphatic heterocycles. The Morgan fingerprint density at radius 3 is 2.15 bits per heavy atom. The van der Waals surface area contributed by atoms with Gasteiger partial charge in [0, 0.05) is 30.2 Å². The molecule has 0 amide bonds. The minimum atomic E-state index is -1.35. The summed E-state index contributed by atoms with van der Waals surface area (Å²) in [6.45, 7) is 12.0. The lowest BCUT2D eigenvalue weighted by Crippen LogP contribution is -2.40. The Bertz CT molecular complexity index is 1190. The van der Waals surface area contributed by atoms with Crippen molar-refractivity contribution in [3.05, 3.63) is 85.9 Å². The normalized spacial score (nSPS) is 18.6. The van der Waals surface area contributed by atoms with Crippen molar-refractivity contribution in [1.82, 2.24) is 0 Å². The van der Waals surface area contributed by atoms with Gasteiger partial charge in [-0.3, -0.25) is 9.59 Å². The number of aliphatic hydroxyl groups is 1. The minimum absolute atomic E-state index is 0.0186. The highest BCUT2D eigenvalue weighted by Gasteiger charge is 2.50. The summed E-state index contributed by atoms with van der Waals surface area (Å²) in [7, 11) is 0. The fraction of sp³-hybridized carbons (Fsp3) is 0.515. The Hall–Kier alpha value is -3.32. The van der Waals surface area contributed by atoms with Gasteiger partial charge in [0.05, 0.1) is 5.41 Å². The van der Waals surface area contributed by atoms with Gasteiger partial charge in [-0.1, -0.05) is 46.6 Å². The molecule has 7 heteroatoms. The molecule has 2 rings (SSSR count). The van der Waals surface area contributed by atoms with E-state index in [9.17, 15) is 19.6 Å². The van der Waals surface area contributed by atoms with Gasteiger partial charge >= 0.3 is 0 Å². The summed E-state index contributed by atoms with van der Waals surface area (Å²) in [6, 6.07) is 0. The molecule has 7 nitrogen and oxygen atoms in total. The third-order valence-corrected chi connectivity index (χ3v) is 7.65. The van der Waals surface area contributed by atoms with Crippen LogP contribution in [0.3, 0.4) is 0 Å². The number of nitroso groups, excluding NO2 is 1. The first kappa shape index (κ1) is 32.9. The molecule has 40 heavy (non-hydrogen) atoms. The number of nitrogens with zero attached hydrogens (tertiary/aromatic N) is 1. The second kappa shape index (κ2) is 14.9. The summed E-state index contributed by atoms with van der Waals surface area (Å²) in [5.74, 6) is -1.19. The van der Waals surface area contributed by atoms with Gasteiger partial charge in [-0.2, -0.15) is 0 Å². The van der Waals surface area contributed by atoms with Crippen LogP contribution in [0.15, 0.2) is 86.1 Å². The molecule has 5 N–H and O–H groups in total. The average molecular weight is 550 g/mol. The van der Waals surface area contributed by atoms with Crippen molar-refractivity contribution in [3.63, 3.8) is 0 Å². The monoisotopic (exact) mass is 549 g/mol.